The molecular formula is C14H15F3N4. The predicted molar refractivity (Wildman–Crippen MR) is 75.2 cm³/mol. The Hall–Kier alpha value is -2.31. The summed E-state index contributed by atoms with van der Waals surface area (Å²) >= 11 is 0. The summed E-state index contributed by atoms with van der Waals surface area (Å²) in [4.78, 5) is 8.42. The number of rotatable bonds is 5. The molecule has 1 aromatic carbocycles. The standard InChI is InChI=1S/C14H15F3N4/c1-3-10-20-11(18-4-2)7-12(21-10)19-9-6-5-8(15)13(16)14(9)17/h5-7H,3-4H2,1-2H3,(H2,18,19,20,21). The monoisotopic (exact) mass is 296 g/mol. The first kappa shape index (κ1) is 15.1. The second kappa shape index (κ2) is 6.43. The lowest BCUT2D eigenvalue weighted by atomic mass is 10.2. The maximum Gasteiger partial charge on any atom is 0.196 e. The summed E-state index contributed by atoms with van der Waals surface area (Å²) in [7, 11) is 0. The second-order valence-corrected chi connectivity index (χ2v) is 4.29. The smallest absolute Gasteiger partial charge is 0.196 e. The van der Waals surface area contributed by atoms with E-state index in [2.05, 4.69) is 20.6 Å². The first-order valence-corrected chi connectivity index (χ1v) is 6.57. The van der Waals surface area contributed by atoms with Crippen molar-refractivity contribution in [3.8, 4) is 0 Å². The molecule has 0 bridgehead atoms. The highest BCUT2D eigenvalue weighted by Gasteiger charge is 2.14. The van der Waals surface area contributed by atoms with Crippen LogP contribution in [-0.2, 0) is 6.42 Å². The molecule has 0 fully saturated rings. The summed E-state index contributed by atoms with van der Waals surface area (Å²) in [6.45, 7) is 4.46. The Balaban J connectivity index is 2.34. The van der Waals surface area contributed by atoms with Gasteiger partial charge in [-0.25, -0.2) is 23.1 Å². The molecule has 7 heteroatoms. The fourth-order valence-electron chi connectivity index (χ4n) is 1.75. The first-order chi connectivity index (χ1) is 10.0. The van der Waals surface area contributed by atoms with Crippen molar-refractivity contribution in [2.45, 2.75) is 20.3 Å². The molecule has 21 heavy (non-hydrogen) atoms. The number of benzene rings is 1. The van der Waals surface area contributed by atoms with E-state index in [1.807, 2.05) is 13.8 Å². The second-order valence-electron chi connectivity index (χ2n) is 4.29. The van der Waals surface area contributed by atoms with Crippen LogP contribution in [0.5, 0.6) is 0 Å². The number of aryl methyl sites for hydroxylation is 1. The van der Waals surface area contributed by atoms with Crippen LogP contribution >= 0.6 is 0 Å². The van der Waals surface area contributed by atoms with Gasteiger partial charge in [0.2, 0.25) is 0 Å². The third-order valence-electron chi connectivity index (χ3n) is 2.74. The van der Waals surface area contributed by atoms with Crippen molar-refractivity contribution in [3.05, 3.63) is 41.5 Å². The molecule has 2 rings (SSSR count). The molecule has 0 saturated carbocycles. The van der Waals surface area contributed by atoms with Crippen LogP contribution < -0.4 is 10.6 Å². The van der Waals surface area contributed by atoms with Gasteiger partial charge in [-0.1, -0.05) is 6.92 Å². The van der Waals surface area contributed by atoms with E-state index in [-0.39, 0.29) is 5.69 Å². The van der Waals surface area contributed by atoms with Crippen LogP contribution in [0.15, 0.2) is 18.2 Å². The minimum Gasteiger partial charge on any atom is -0.370 e. The molecule has 2 aromatic rings. The number of halogens is 3. The van der Waals surface area contributed by atoms with Crippen LogP contribution in [0.1, 0.15) is 19.7 Å². The predicted octanol–water partition coefficient (Wildman–Crippen LogP) is 3.63. The SMILES string of the molecule is CCNc1cc(Nc2ccc(F)c(F)c2F)nc(CC)n1. The highest BCUT2D eigenvalue weighted by molar-refractivity contribution is 5.60. The molecule has 0 radical (unpaired) electrons. The highest BCUT2D eigenvalue weighted by atomic mass is 19.2. The van der Waals surface area contributed by atoms with Crippen molar-refractivity contribution < 1.29 is 13.2 Å². The number of anilines is 3. The molecule has 0 saturated heterocycles. The maximum absolute atomic E-state index is 13.6. The molecule has 0 unspecified atom stereocenters. The Kier molecular flexibility index (Phi) is 4.62. The van der Waals surface area contributed by atoms with Gasteiger partial charge >= 0.3 is 0 Å². The Bertz CT molecular complexity index is 646. The molecule has 112 valence electrons. The lowest BCUT2D eigenvalue weighted by Crippen LogP contribution is -2.06. The van der Waals surface area contributed by atoms with Gasteiger partial charge in [0.25, 0.3) is 0 Å². The normalized spacial score (nSPS) is 10.5. The van der Waals surface area contributed by atoms with Crippen LogP contribution in [-0.4, -0.2) is 16.5 Å². The zero-order valence-electron chi connectivity index (χ0n) is 11.7. The van der Waals surface area contributed by atoms with Crippen LogP contribution in [0.2, 0.25) is 0 Å². The van der Waals surface area contributed by atoms with Crippen LogP contribution in [0.3, 0.4) is 0 Å². The summed E-state index contributed by atoms with van der Waals surface area (Å²) in [5.74, 6) is -2.59. The minimum absolute atomic E-state index is 0.183. The minimum atomic E-state index is -1.52. The number of nitrogens with one attached hydrogen (secondary N) is 2. The molecule has 4 nitrogen and oxygen atoms in total. The van der Waals surface area contributed by atoms with Crippen LogP contribution in [0.4, 0.5) is 30.5 Å². The Morgan fingerprint density at radius 2 is 1.71 bits per heavy atom. The average molecular weight is 296 g/mol. The number of hydrogen-bond acceptors (Lipinski definition) is 4. The number of aromatic nitrogens is 2. The van der Waals surface area contributed by atoms with E-state index in [0.717, 1.165) is 12.1 Å². The van der Waals surface area contributed by atoms with Crippen LogP contribution in [0, 0.1) is 17.5 Å². The van der Waals surface area contributed by atoms with Gasteiger partial charge in [0.15, 0.2) is 17.5 Å². The zero-order chi connectivity index (χ0) is 15.4. The van der Waals surface area contributed by atoms with Crippen molar-refractivity contribution in [1.82, 2.24) is 9.97 Å². The van der Waals surface area contributed by atoms with Crippen molar-refractivity contribution in [2.24, 2.45) is 0 Å². The molecule has 0 aliphatic heterocycles. The Morgan fingerprint density at radius 3 is 2.38 bits per heavy atom. The molecule has 0 atom stereocenters. The first-order valence-electron chi connectivity index (χ1n) is 6.57. The van der Waals surface area contributed by atoms with Crippen molar-refractivity contribution in [1.29, 1.82) is 0 Å². The molecule has 2 N–H and O–H groups in total. The van der Waals surface area contributed by atoms with Gasteiger partial charge in [0, 0.05) is 19.0 Å². The summed E-state index contributed by atoms with van der Waals surface area (Å²) in [6.07, 6.45) is 0.591. The van der Waals surface area contributed by atoms with Crippen molar-refractivity contribution in [2.75, 3.05) is 17.2 Å². The molecule has 1 heterocycles. The quantitative estimate of drug-likeness (QED) is 0.827. The Labute approximate surface area is 120 Å². The van der Waals surface area contributed by atoms with Gasteiger partial charge in [-0.3, -0.25) is 0 Å². The molecular weight excluding hydrogens is 281 g/mol. The summed E-state index contributed by atoms with van der Waals surface area (Å²) in [5, 5.41) is 5.67. The van der Waals surface area contributed by atoms with E-state index in [0.29, 0.717) is 30.4 Å². The van der Waals surface area contributed by atoms with E-state index >= 15 is 0 Å². The van der Waals surface area contributed by atoms with E-state index in [9.17, 15) is 13.2 Å². The van der Waals surface area contributed by atoms with Gasteiger partial charge in [-0.15, -0.1) is 0 Å². The molecule has 0 amide bonds. The van der Waals surface area contributed by atoms with Gasteiger partial charge in [0.1, 0.15) is 17.5 Å². The highest BCUT2D eigenvalue weighted by Crippen LogP contribution is 2.23. The molecule has 1 aromatic heterocycles. The fourth-order valence-corrected chi connectivity index (χ4v) is 1.75. The van der Waals surface area contributed by atoms with E-state index in [4.69, 9.17) is 0 Å². The number of hydrogen-bond donors (Lipinski definition) is 2. The fraction of sp³-hybridized carbons (Fsp3) is 0.286. The maximum atomic E-state index is 13.6. The molecule has 0 aliphatic rings. The van der Waals surface area contributed by atoms with E-state index in [1.165, 1.54) is 0 Å². The van der Waals surface area contributed by atoms with E-state index in [1.54, 1.807) is 6.07 Å². The summed E-state index contributed by atoms with van der Waals surface area (Å²) < 4.78 is 39.8. The summed E-state index contributed by atoms with van der Waals surface area (Å²) in [6, 6.07) is 3.55. The largest absolute Gasteiger partial charge is 0.370 e. The lowest BCUT2D eigenvalue weighted by Gasteiger charge is -2.11. The third-order valence-corrected chi connectivity index (χ3v) is 2.74. The van der Waals surface area contributed by atoms with Crippen LogP contribution in [0.25, 0.3) is 0 Å². The van der Waals surface area contributed by atoms with Crippen molar-refractivity contribution >= 4 is 17.3 Å². The van der Waals surface area contributed by atoms with Crippen molar-refractivity contribution in [3.63, 3.8) is 0 Å². The van der Waals surface area contributed by atoms with Gasteiger partial charge in [-0.05, 0) is 19.1 Å². The third kappa shape index (κ3) is 3.42. The van der Waals surface area contributed by atoms with Gasteiger partial charge in [0.05, 0.1) is 5.69 Å². The summed E-state index contributed by atoms with van der Waals surface area (Å²) in [5.41, 5.74) is -0.183. The van der Waals surface area contributed by atoms with Gasteiger partial charge < -0.3 is 10.6 Å². The zero-order valence-corrected chi connectivity index (χ0v) is 11.7. The Morgan fingerprint density at radius 1 is 1.00 bits per heavy atom. The molecule has 0 spiro atoms. The topological polar surface area (TPSA) is 49.8 Å². The number of nitrogens with zero attached hydrogens (tertiary/aromatic N) is 2. The molecule has 0 aliphatic carbocycles. The van der Waals surface area contributed by atoms with E-state index < -0.39 is 17.5 Å². The average Bonchev–Trinajstić information content (AvgIpc) is 2.48. The van der Waals surface area contributed by atoms with Gasteiger partial charge in [-0.2, -0.15) is 0 Å². The lowest BCUT2D eigenvalue weighted by molar-refractivity contribution is 0.449.